The third kappa shape index (κ3) is 2.63. The lowest BCUT2D eigenvalue weighted by Crippen LogP contribution is -2.33. The fourth-order valence-corrected chi connectivity index (χ4v) is 4.07. The number of rotatable bonds is 5. The van der Waals surface area contributed by atoms with Gasteiger partial charge in [0.2, 0.25) is 10.0 Å². The molecule has 0 spiro atoms. The molecule has 0 unspecified atom stereocenters. The van der Waals surface area contributed by atoms with E-state index in [1.807, 2.05) is 26.3 Å². The summed E-state index contributed by atoms with van der Waals surface area (Å²) in [5, 5.41) is 4.79. The number of nitrogens with zero attached hydrogens (tertiary/aromatic N) is 1. The van der Waals surface area contributed by atoms with Crippen LogP contribution in [-0.2, 0) is 16.6 Å². The summed E-state index contributed by atoms with van der Waals surface area (Å²) < 4.78 is 25.9. The molecule has 0 saturated carbocycles. The second-order valence-electron chi connectivity index (χ2n) is 3.85. The predicted molar refractivity (Wildman–Crippen MR) is 67.2 cm³/mol. The van der Waals surface area contributed by atoms with Crippen molar-refractivity contribution >= 4 is 21.4 Å². The minimum Gasteiger partial charge on any atom is -0.315 e. The molecule has 1 aromatic rings. The Labute approximate surface area is 101 Å². The zero-order valence-electron chi connectivity index (χ0n) is 10.0. The van der Waals surface area contributed by atoms with Crippen molar-refractivity contribution in [1.82, 2.24) is 9.62 Å². The molecule has 16 heavy (non-hydrogen) atoms. The molecule has 1 aromatic heterocycles. The highest BCUT2D eigenvalue weighted by atomic mass is 32.2. The number of hydrogen-bond acceptors (Lipinski definition) is 4. The second-order valence-corrected chi connectivity index (χ2v) is 6.82. The highest BCUT2D eigenvalue weighted by molar-refractivity contribution is 7.89. The van der Waals surface area contributed by atoms with Gasteiger partial charge in [-0.15, -0.1) is 11.3 Å². The summed E-state index contributed by atoms with van der Waals surface area (Å²) in [5.41, 5.74) is 0. The van der Waals surface area contributed by atoms with Crippen LogP contribution in [0.15, 0.2) is 16.3 Å². The van der Waals surface area contributed by atoms with Crippen molar-refractivity contribution in [2.45, 2.75) is 31.3 Å². The van der Waals surface area contributed by atoms with Crippen molar-refractivity contribution in [1.29, 1.82) is 0 Å². The Morgan fingerprint density at radius 2 is 2.12 bits per heavy atom. The first-order valence-corrected chi connectivity index (χ1v) is 7.42. The average Bonchev–Trinajstić information content (AvgIpc) is 2.65. The van der Waals surface area contributed by atoms with E-state index in [4.69, 9.17) is 0 Å². The lowest BCUT2D eigenvalue weighted by atomic mass is 10.4. The minimum absolute atomic E-state index is 0.0349. The maximum atomic E-state index is 12.2. The normalized spacial score (nSPS) is 12.6. The van der Waals surface area contributed by atoms with E-state index < -0.39 is 10.0 Å². The van der Waals surface area contributed by atoms with E-state index in [9.17, 15) is 8.42 Å². The van der Waals surface area contributed by atoms with Gasteiger partial charge in [0.25, 0.3) is 0 Å². The quantitative estimate of drug-likeness (QED) is 0.875. The van der Waals surface area contributed by atoms with Crippen molar-refractivity contribution in [3.8, 4) is 0 Å². The monoisotopic (exact) mass is 262 g/mol. The van der Waals surface area contributed by atoms with Gasteiger partial charge in [-0.3, -0.25) is 0 Å². The van der Waals surface area contributed by atoms with Gasteiger partial charge < -0.3 is 5.32 Å². The van der Waals surface area contributed by atoms with Crippen LogP contribution in [0.25, 0.3) is 0 Å². The van der Waals surface area contributed by atoms with Crippen LogP contribution in [-0.4, -0.2) is 32.9 Å². The van der Waals surface area contributed by atoms with Crippen molar-refractivity contribution in [3.05, 3.63) is 16.3 Å². The molecule has 0 fully saturated rings. The third-order valence-corrected chi connectivity index (χ3v) is 5.59. The maximum absolute atomic E-state index is 12.2. The van der Waals surface area contributed by atoms with E-state index >= 15 is 0 Å². The molecule has 4 nitrogen and oxygen atoms in total. The molecule has 1 heterocycles. The maximum Gasteiger partial charge on any atom is 0.244 e. The first kappa shape index (κ1) is 13.6. The molecule has 0 radical (unpaired) electrons. The average molecular weight is 262 g/mol. The van der Waals surface area contributed by atoms with Crippen LogP contribution >= 0.6 is 11.3 Å². The Morgan fingerprint density at radius 1 is 1.50 bits per heavy atom. The molecule has 0 aliphatic rings. The predicted octanol–water partition coefficient (Wildman–Crippen LogP) is 1.50. The zero-order valence-corrected chi connectivity index (χ0v) is 11.7. The summed E-state index contributed by atoms with van der Waals surface area (Å²) in [5.74, 6) is 0. The fourth-order valence-electron chi connectivity index (χ4n) is 1.28. The van der Waals surface area contributed by atoms with Crippen molar-refractivity contribution in [3.63, 3.8) is 0 Å². The Bertz CT molecular complexity index is 437. The van der Waals surface area contributed by atoms with Gasteiger partial charge in [-0.1, -0.05) is 0 Å². The Hall–Kier alpha value is -0.430. The summed E-state index contributed by atoms with van der Waals surface area (Å²) >= 11 is 1.46. The molecule has 0 saturated heterocycles. The van der Waals surface area contributed by atoms with Gasteiger partial charge in [0.15, 0.2) is 0 Å². The van der Waals surface area contributed by atoms with Gasteiger partial charge in [-0.25, -0.2) is 8.42 Å². The van der Waals surface area contributed by atoms with Gasteiger partial charge in [0.1, 0.15) is 0 Å². The zero-order chi connectivity index (χ0) is 12.3. The van der Waals surface area contributed by atoms with Gasteiger partial charge in [0, 0.05) is 24.5 Å². The molecule has 0 aromatic carbocycles. The largest absolute Gasteiger partial charge is 0.315 e. The molecule has 6 heteroatoms. The summed E-state index contributed by atoms with van der Waals surface area (Å²) in [6, 6.07) is 1.64. The number of hydrogen-bond donors (Lipinski definition) is 1. The number of sulfonamides is 1. The van der Waals surface area contributed by atoms with E-state index in [0.29, 0.717) is 11.4 Å². The molecule has 0 aliphatic carbocycles. The SMILES string of the molecule is CNCc1sccc1S(=O)(=O)N(C)C(C)C. The molecule has 0 atom stereocenters. The van der Waals surface area contributed by atoms with Gasteiger partial charge in [-0.05, 0) is 32.3 Å². The van der Waals surface area contributed by atoms with Crippen LogP contribution in [0.5, 0.6) is 0 Å². The fraction of sp³-hybridized carbons (Fsp3) is 0.600. The smallest absolute Gasteiger partial charge is 0.244 e. The molecule has 92 valence electrons. The number of thiophene rings is 1. The highest BCUT2D eigenvalue weighted by Gasteiger charge is 2.26. The Morgan fingerprint density at radius 3 is 2.62 bits per heavy atom. The first-order chi connectivity index (χ1) is 7.41. The van der Waals surface area contributed by atoms with Crippen LogP contribution in [0.4, 0.5) is 0 Å². The molecule has 1 N–H and O–H groups in total. The van der Waals surface area contributed by atoms with Crippen LogP contribution in [0.2, 0.25) is 0 Å². The lowest BCUT2D eigenvalue weighted by Gasteiger charge is -2.21. The van der Waals surface area contributed by atoms with Crippen molar-refractivity contribution in [2.75, 3.05) is 14.1 Å². The van der Waals surface area contributed by atoms with Gasteiger partial charge in [-0.2, -0.15) is 4.31 Å². The first-order valence-electron chi connectivity index (χ1n) is 5.10. The summed E-state index contributed by atoms with van der Waals surface area (Å²) in [7, 11) is 0.0757. The number of nitrogens with one attached hydrogen (secondary N) is 1. The van der Waals surface area contributed by atoms with E-state index in [1.165, 1.54) is 15.6 Å². The van der Waals surface area contributed by atoms with E-state index in [2.05, 4.69) is 5.32 Å². The second kappa shape index (κ2) is 5.27. The minimum atomic E-state index is -3.34. The Balaban J connectivity index is 3.12. The molecule has 0 aliphatic heterocycles. The molecule has 1 rings (SSSR count). The van der Waals surface area contributed by atoms with Crippen LogP contribution in [0.3, 0.4) is 0 Å². The summed E-state index contributed by atoms with van der Waals surface area (Å²) in [4.78, 5) is 1.28. The van der Waals surface area contributed by atoms with Gasteiger partial charge >= 0.3 is 0 Å². The van der Waals surface area contributed by atoms with Gasteiger partial charge in [0.05, 0.1) is 4.90 Å². The topological polar surface area (TPSA) is 49.4 Å². The standard InChI is InChI=1S/C10H18N2O2S2/c1-8(2)12(4)16(13,14)10-5-6-15-9(10)7-11-3/h5-6,8,11H,7H2,1-4H3. The van der Waals surface area contributed by atoms with E-state index in [-0.39, 0.29) is 6.04 Å². The lowest BCUT2D eigenvalue weighted by molar-refractivity contribution is 0.410. The van der Waals surface area contributed by atoms with Crippen LogP contribution < -0.4 is 5.32 Å². The Kier molecular flexibility index (Phi) is 4.49. The van der Waals surface area contributed by atoms with E-state index in [1.54, 1.807) is 13.1 Å². The van der Waals surface area contributed by atoms with Crippen LogP contribution in [0.1, 0.15) is 18.7 Å². The molecular weight excluding hydrogens is 244 g/mol. The third-order valence-electron chi connectivity index (χ3n) is 2.43. The van der Waals surface area contributed by atoms with Crippen LogP contribution in [0, 0.1) is 0 Å². The van der Waals surface area contributed by atoms with E-state index in [0.717, 1.165) is 4.88 Å². The molecule has 0 bridgehead atoms. The van der Waals surface area contributed by atoms with Crippen molar-refractivity contribution in [2.24, 2.45) is 0 Å². The summed E-state index contributed by atoms with van der Waals surface area (Å²) in [6.45, 7) is 4.31. The summed E-state index contributed by atoms with van der Waals surface area (Å²) in [6.07, 6.45) is 0. The molecule has 0 amide bonds. The molecular formula is C10H18N2O2S2. The highest BCUT2D eigenvalue weighted by Crippen LogP contribution is 2.25. The van der Waals surface area contributed by atoms with Crippen molar-refractivity contribution < 1.29 is 8.42 Å².